The Morgan fingerprint density at radius 2 is 2.06 bits per heavy atom. The van der Waals surface area contributed by atoms with Crippen molar-refractivity contribution < 1.29 is 27.1 Å². The van der Waals surface area contributed by atoms with Gasteiger partial charge in [0.1, 0.15) is 0 Å². The molecule has 0 bridgehead atoms. The highest BCUT2D eigenvalue weighted by molar-refractivity contribution is 7.89. The van der Waals surface area contributed by atoms with E-state index in [0.717, 1.165) is 6.07 Å². The minimum atomic E-state index is -3.95. The van der Waals surface area contributed by atoms with E-state index in [2.05, 4.69) is 5.32 Å². The molecule has 0 unspecified atom stereocenters. The Bertz CT molecular complexity index is 505. The first kappa shape index (κ1) is 14.6. The normalized spacial score (nSPS) is 11.8. The Balaban J connectivity index is 2.65. The van der Waals surface area contributed by atoms with Crippen LogP contribution in [0.4, 0.5) is 0 Å². The highest BCUT2D eigenvalue weighted by Gasteiger charge is 2.18. The summed E-state index contributed by atoms with van der Waals surface area (Å²) in [7, 11) is -1.11. The van der Waals surface area contributed by atoms with Gasteiger partial charge < -0.3 is 19.2 Å². The Labute approximate surface area is 104 Å². The van der Waals surface area contributed by atoms with Crippen LogP contribution in [0.5, 0.6) is 0 Å². The molecule has 3 N–H and O–H groups in total. The van der Waals surface area contributed by atoms with Crippen LogP contribution in [0.3, 0.4) is 0 Å². The van der Waals surface area contributed by atoms with Gasteiger partial charge in [0.25, 0.3) is 15.9 Å². The third-order valence-electron chi connectivity index (χ3n) is 2.04. The fraction of sp³-hybridized carbons (Fsp3) is 0.444. The second kappa shape index (κ2) is 5.96. The van der Waals surface area contributed by atoms with E-state index < -0.39 is 27.3 Å². The van der Waals surface area contributed by atoms with Crippen molar-refractivity contribution in [2.75, 3.05) is 20.8 Å². The molecule has 0 fully saturated rings. The van der Waals surface area contributed by atoms with Crippen LogP contribution in [0.2, 0.25) is 0 Å². The number of hydrogen-bond acceptors (Lipinski definition) is 6. The molecule has 18 heavy (non-hydrogen) atoms. The van der Waals surface area contributed by atoms with E-state index in [-0.39, 0.29) is 12.3 Å². The lowest BCUT2D eigenvalue weighted by molar-refractivity contribution is -0.0975. The fourth-order valence-electron chi connectivity index (χ4n) is 1.12. The van der Waals surface area contributed by atoms with E-state index in [0.29, 0.717) is 0 Å². The van der Waals surface area contributed by atoms with Crippen LogP contribution in [0.15, 0.2) is 21.6 Å². The van der Waals surface area contributed by atoms with Crippen molar-refractivity contribution in [2.45, 2.75) is 11.4 Å². The van der Waals surface area contributed by atoms with Gasteiger partial charge in [-0.25, -0.2) is 13.6 Å². The Morgan fingerprint density at radius 1 is 1.44 bits per heavy atom. The molecule has 0 aromatic carbocycles. The lowest BCUT2D eigenvalue weighted by Gasteiger charge is -2.13. The molecule has 8 nitrogen and oxygen atoms in total. The smallest absolute Gasteiger partial charge is 0.287 e. The second-order valence-electron chi connectivity index (χ2n) is 3.27. The molecule has 1 aromatic heterocycles. The van der Waals surface area contributed by atoms with Gasteiger partial charge in [0, 0.05) is 14.2 Å². The number of amides is 1. The number of carbonyl (C=O) groups excluding carboxylic acids is 1. The van der Waals surface area contributed by atoms with Crippen molar-refractivity contribution in [3.05, 3.63) is 17.9 Å². The molecular formula is C9H14N2O6S. The van der Waals surface area contributed by atoms with Crippen LogP contribution in [0, 0.1) is 0 Å². The van der Waals surface area contributed by atoms with Crippen molar-refractivity contribution in [1.82, 2.24) is 5.32 Å². The van der Waals surface area contributed by atoms with Gasteiger partial charge in [-0.3, -0.25) is 4.79 Å². The number of methoxy groups -OCH3 is 2. The first-order valence-electron chi connectivity index (χ1n) is 4.85. The molecule has 0 aliphatic rings. The number of rotatable bonds is 6. The molecule has 0 saturated carbocycles. The fourth-order valence-corrected chi connectivity index (χ4v) is 1.58. The summed E-state index contributed by atoms with van der Waals surface area (Å²) in [5.74, 6) is -0.756. The highest BCUT2D eigenvalue weighted by Crippen LogP contribution is 2.11. The number of primary sulfonamides is 1. The quantitative estimate of drug-likeness (QED) is 0.662. The van der Waals surface area contributed by atoms with Crippen LogP contribution in [0.25, 0.3) is 0 Å². The summed E-state index contributed by atoms with van der Waals surface area (Å²) in [5, 5.41) is 6.82. The van der Waals surface area contributed by atoms with Gasteiger partial charge in [0.2, 0.25) is 5.09 Å². The largest absolute Gasteiger partial charge is 0.438 e. The topological polar surface area (TPSA) is 121 Å². The molecule has 1 rings (SSSR count). The maximum Gasteiger partial charge on any atom is 0.287 e. The summed E-state index contributed by atoms with van der Waals surface area (Å²) in [4.78, 5) is 11.6. The SMILES string of the molecule is COC(CNC(=O)c1ccc(S(N)(=O)=O)o1)OC. The average molecular weight is 278 g/mol. The van der Waals surface area contributed by atoms with Gasteiger partial charge >= 0.3 is 0 Å². The Kier molecular flexibility index (Phi) is 4.84. The predicted molar refractivity (Wildman–Crippen MR) is 60.2 cm³/mol. The van der Waals surface area contributed by atoms with E-state index in [4.69, 9.17) is 19.0 Å². The maximum absolute atomic E-state index is 11.6. The van der Waals surface area contributed by atoms with Crippen LogP contribution in [-0.4, -0.2) is 41.4 Å². The van der Waals surface area contributed by atoms with E-state index in [1.807, 2.05) is 0 Å². The van der Waals surface area contributed by atoms with Crippen LogP contribution in [-0.2, 0) is 19.5 Å². The highest BCUT2D eigenvalue weighted by atomic mass is 32.2. The van der Waals surface area contributed by atoms with Crippen molar-refractivity contribution in [3.8, 4) is 0 Å². The molecule has 0 aliphatic heterocycles. The summed E-state index contributed by atoms with van der Waals surface area (Å²) < 4.78 is 36.4. The zero-order valence-corrected chi connectivity index (χ0v) is 10.7. The van der Waals surface area contributed by atoms with Crippen molar-refractivity contribution in [2.24, 2.45) is 5.14 Å². The zero-order valence-electron chi connectivity index (χ0n) is 9.87. The third kappa shape index (κ3) is 3.81. The van der Waals surface area contributed by atoms with Gasteiger partial charge in [0.15, 0.2) is 12.1 Å². The average Bonchev–Trinajstić information content (AvgIpc) is 2.79. The summed E-state index contributed by atoms with van der Waals surface area (Å²) in [6.45, 7) is 0.0945. The number of furan rings is 1. The molecule has 0 radical (unpaired) electrons. The van der Waals surface area contributed by atoms with Gasteiger partial charge in [-0.2, -0.15) is 0 Å². The maximum atomic E-state index is 11.6. The summed E-state index contributed by atoms with van der Waals surface area (Å²) >= 11 is 0. The van der Waals surface area contributed by atoms with Crippen molar-refractivity contribution in [3.63, 3.8) is 0 Å². The van der Waals surface area contributed by atoms with E-state index >= 15 is 0 Å². The first-order valence-corrected chi connectivity index (χ1v) is 6.39. The molecular weight excluding hydrogens is 264 g/mol. The standard InChI is InChI=1S/C9H14N2O6S/c1-15-7(16-2)5-11-9(12)6-3-4-8(17-6)18(10,13)14/h3-4,7H,5H2,1-2H3,(H,11,12)(H2,10,13,14). The number of ether oxygens (including phenoxy) is 2. The van der Waals surface area contributed by atoms with Crippen LogP contribution < -0.4 is 10.5 Å². The molecule has 1 aromatic rings. The van der Waals surface area contributed by atoms with E-state index in [1.54, 1.807) is 0 Å². The summed E-state index contributed by atoms with van der Waals surface area (Å²) in [6.07, 6.45) is -0.596. The van der Waals surface area contributed by atoms with Crippen LogP contribution >= 0.6 is 0 Å². The summed E-state index contributed by atoms with van der Waals surface area (Å²) in [6, 6.07) is 2.32. The molecule has 0 saturated heterocycles. The summed E-state index contributed by atoms with van der Waals surface area (Å²) in [5.41, 5.74) is 0. The van der Waals surface area contributed by atoms with Crippen LogP contribution in [0.1, 0.15) is 10.6 Å². The number of sulfonamides is 1. The van der Waals surface area contributed by atoms with Gasteiger partial charge in [-0.15, -0.1) is 0 Å². The molecule has 0 aliphatic carbocycles. The monoisotopic (exact) mass is 278 g/mol. The number of hydrogen-bond donors (Lipinski definition) is 2. The molecule has 0 spiro atoms. The second-order valence-corrected chi connectivity index (χ2v) is 4.77. The van der Waals surface area contributed by atoms with E-state index in [1.165, 1.54) is 20.3 Å². The Hall–Kier alpha value is -1.42. The number of nitrogens with two attached hydrogens (primary N) is 1. The zero-order chi connectivity index (χ0) is 13.8. The number of nitrogens with one attached hydrogen (secondary N) is 1. The lowest BCUT2D eigenvalue weighted by atomic mass is 10.4. The van der Waals surface area contributed by atoms with Crippen molar-refractivity contribution in [1.29, 1.82) is 0 Å². The third-order valence-corrected chi connectivity index (χ3v) is 2.82. The molecule has 9 heteroatoms. The van der Waals surface area contributed by atoms with E-state index in [9.17, 15) is 13.2 Å². The van der Waals surface area contributed by atoms with Gasteiger partial charge in [0.05, 0.1) is 6.54 Å². The lowest BCUT2D eigenvalue weighted by Crippen LogP contribution is -2.33. The molecule has 102 valence electrons. The first-order chi connectivity index (χ1) is 8.38. The minimum Gasteiger partial charge on any atom is -0.438 e. The number of carbonyl (C=O) groups is 1. The minimum absolute atomic E-state index is 0.0945. The van der Waals surface area contributed by atoms with Gasteiger partial charge in [-0.05, 0) is 12.1 Å². The van der Waals surface area contributed by atoms with Gasteiger partial charge in [-0.1, -0.05) is 0 Å². The molecule has 1 heterocycles. The molecule has 0 atom stereocenters. The molecule has 1 amide bonds. The Morgan fingerprint density at radius 3 is 2.50 bits per heavy atom. The van der Waals surface area contributed by atoms with Crippen molar-refractivity contribution >= 4 is 15.9 Å². The predicted octanol–water partition coefficient (Wildman–Crippen LogP) is -0.724.